The molecule has 2 aromatic heterocycles. The number of anilines is 1. The second-order valence-corrected chi connectivity index (χ2v) is 8.49. The molecular formula is C25H25N5O3. The summed E-state index contributed by atoms with van der Waals surface area (Å²) in [6.45, 7) is 2.80. The Labute approximate surface area is 190 Å². The molecule has 4 aromatic rings. The van der Waals surface area contributed by atoms with Gasteiger partial charge in [-0.05, 0) is 44.0 Å². The summed E-state index contributed by atoms with van der Waals surface area (Å²) in [5.74, 6) is -0.386. The second kappa shape index (κ2) is 8.90. The number of hydrogen-bond acceptors (Lipinski definition) is 5. The highest BCUT2D eigenvalue weighted by atomic mass is 16.6. The van der Waals surface area contributed by atoms with Crippen molar-refractivity contribution in [3.8, 4) is 11.3 Å². The molecule has 0 spiro atoms. The van der Waals surface area contributed by atoms with E-state index in [1.807, 2.05) is 42.5 Å². The number of benzene rings is 2. The molecule has 1 atom stereocenters. The van der Waals surface area contributed by atoms with Crippen LogP contribution in [0.5, 0.6) is 0 Å². The summed E-state index contributed by atoms with van der Waals surface area (Å²) >= 11 is 0. The Morgan fingerprint density at radius 3 is 2.85 bits per heavy atom. The van der Waals surface area contributed by atoms with E-state index in [0.29, 0.717) is 24.5 Å². The first-order chi connectivity index (χ1) is 16.1. The van der Waals surface area contributed by atoms with Crippen LogP contribution in [0, 0.1) is 12.8 Å². The quantitative estimate of drug-likeness (QED) is 0.486. The van der Waals surface area contributed by atoms with E-state index < -0.39 is 0 Å². The van der Waals surface area contributed by atoms with Crippen LogP contribution in [0.1, 0.15) is 24.2 Å². The Morgan fingerprint density at radius 1 is 1.15 bits per heavy atom. The molecule has 0 aliphatic carbocycles. The highest BCUT2D eigenvalue weighted by Crippen LogP contribution is 2.27. The zero-order valence-electron chi connectivity index (χ0n) is 18.4. The standard InChI is InChI=1S/C25H25N5O3/c1-16-22(29-33-28-16)14-24(31)30-11-5-8-19(15-30)25(32)26-20-9-4-7-17(12-20)23-13-18-6-2-3-10-21(18)27-23/h2-4,6-7,9-10,12-13,19,27H,5,8,11,14-15H2,1H3,(H,26,32). The van der Waals surface area contributed by atoms with Gasteiger partial charge in [0.2, 0.25) is 11.8 Å². The number of hydrogen-bond donors (Lipinski definition) is 2. The Kier molecular flexibility index (Phi) is 5.64. The maximum absolute atomic E-state index is 13.0. The molecule has 33 heavy (non-hydrogen) atoms. The topological polar surface area (TPSA) is 104 Å². The minimum atomic E-state index is -0.254. The summed E-state index contributed by atoms with van der Waals surface area (Å²) < 4.78 is 4.68. The number of nitrogens with one attached hydrogen (secondary N) is 2. The highest BCUT2D eigenvalue weighted by Gasteiger charge is 2.29. The fourth-order valence-electron chi connectivity index (χ4n) is 4.32. The Balaban J connectivity index is 1.25. The third kappa shape index (κ3) is 4.50. The van der Waals surface area contributed by atoms with Crippen molar-refractivity contribution < 1.29 is 14.2 Å². The summed E-state index contributed by atoms with van der Waals surface area (Å²) in [6.07, 6.45) is 1.67. The summed E-state index contributed by atoms with van der Waals surface area (Å²) in [7, 11) is 0. The van der Waals surface area contributed by atoms with E-state index in [9.17, 15) is 9.59 Å². The predicted molar refractivity (Wildman–Crippen MR) is 124 cm³/mol. The van der Waals surface area contributed by atoms with Gasteiger partial charge in [-0.2, -0.15) is 0 Å². The number of H-pyrrole nitrogens is 1. The monoisotopic (exact) mass is 443 g/mol. The van der Waals surface area contributed by atoms with Crippen molar-refractivity contribution in [1.29, 1.82) is 0 Å². The first kappa shape index (κ1) is 20.9. The van der Waals surface area contributed by atoms with Crippen LogP contribution in [0.4, 0.5) is 5.69 Å². The lowest BCUT2D eigenvalue weighted by molar-refractivity contribution is -0.134. The molecule has 0 bridgehead atoms. The van der Waals surface area contributed by atoms with Gasteiger partial charge in [-0.3, -0.25) is 9.59 Å². The molecule has 1 fully saturated rings. The number of fused-ring (bicyclic) bond motifs is 1. The molecule has 1 unspecified atom stereocenters. The van der Waals surface area contributed by atoms with E-state index in [1.54, 1.807) is 11.8 Å². The van der Waals surface area contributed by atoms with Crippen LogP contribution in [0.3, 0.4) is 0 Å². The molecule has 2 aromatic carbocycles. The number of rotatable bonds is 5. The zero-order valence-corrected chi connectivity index (χ0v) is 18.4. The highest BCUT2D eigenvalue weighted by molar-refractivity contribution is 5.94. The summed E-state index contributed by atoms with van der Waals surface area (Å²) in [5, 5.41) is 11.7. The molecule has 3 heterocycles. The third-order valence-corrected chi connectivity index (χ3v) is 6.18. The number of amides is 2. The van der Waals surface area contributed by atoms with Crippen LogP contribution < -0.4 is 5.32 Å². The normalized spacial score (nSPS) is 16.2. The van der Waals surface area contributed by atoms with Crippen molar-refractivity contribution in [2.24, 2.45) is 5.92 Å². The smallest absolute Gasteiger partial charge is 0.229 e. The first-order valence-corrected chi connectivity index (χ1v) is 11.1. The van der Waals surface area contributed by atoms with Crippen molar-refractivity contribution in [1.82, 2.24) is 20.2 Å². The molecule has 1 aliphatic rings. The van der Waals surface area contributed by atoms with Gasteiger partial charge in [0, 0.05) is 40.9 Å². The fraction of sp³-hybridized carbons (Fsp3) is 0.280. The molecule has 0 saturated carbocycles. The van der Waals surface area contributed by atoms with Crippen molar-refractivity contribution in [2.45, 2.75) is 26.2 Å². The first-order valence-electron chi connectivity index (χ1n) is 11.1. The number of aromatic amines is 1. The minimum absolute atomic E-state index is 0.0629. The lowest BCUT2D eigenvalue weighted by atomic mass is 9.96. The van der Waals surface area contributed by atoms with E-state index in [2.05, 4.69) is 37.4 Å². The molecule has 8 heteroatoms. The van der Waals surface area contributed by atoms with E-state index in [-0.39, 0.29) is 24.2 Å². The van der Waals surface area contributed by atoms with E-state index >= 15 is 0 Å². The number of carbonyl (C=O) groups excluding carboxylic acids is 2. The minimum Gasteiger partial charge on any atom is -0.355 e. The molecule has 1 saturated heterocycles. The average molecular weight is 444 g/mol. The van der Waals surface area contributed by atoms with Gasteiger partial charge in [-0.1, -0.05) is 40.6 Å². The van der Waals surface area contributed by atoms with Gasteiger partial charge >= 0.3 is 0 Å². The van der Waals surface area contributed by atoms with Crippen molar-refractivity contribution in [3.63, 3.8) is 0 Å². The number of carbonyl (C=O) groups is 2. The fourth-order valence-corrected chi connectivity index (χ4v) is 4.32. The van der Waals surface area contributed by atoms with Gasteiger partial charge in [0.25, 0.3) is 0 Å². The van der Waals surface area contributed by atoms with Crippen molar-refractivity contribution in [2.75, 3.05) is 18.4 Å². The molecule has 2 N–H and O–H groups in total. The molecule has 2 amide bonds. The maximum Gasteiger partial charge on any atom is 0.229 e. The Hall–Kier alpha value is -3.94. The van der Waals surface area contributed by atoms with Gasteiger partial charge in [-0.15, -0.1) is 0 Å². The SMILES string of the molecule is Cc1nonc1CC(=O)N1CCCC(C(=O)Nc2cccc(-c3cc4ccccc4[nH]3)c2)C1. The van der Waals surface area contributed by atoms with Crippen LogP contribution in [0.15, 0.2) is 59.2 Å². The van der Waals surface area contributed by atoms with Crippen LogP contribution in [0.25, 0.3) is 22.2 Å². The second-order valence-electron chi connectivity index (χ2n) is 8.49. The van der Waals surface area contributed by atoms with Gasteiger partial charge in [0.15, 0.2) is 0 Å². The van der Waals surface area contributed by atoms with E-state index in [4.69, 9.17) is 0 Å². The Morgan fingerprint density at radius 2 is 2.03 bits per heavy atom. The van der Waals surface area contributed by atoms with Gasteiger partial charge in [-0.25, -0.2) is 4.63 Å². The molecule has 8 nitrogen and oxygen atoms in total. The molecule has 5 rings (SSSR count). The predicted octanol–water partition coefficient (Wildman–Crippen LogP) is 3.95. The zero-order chi connectivity index (χ0) is 22.8. The van der Waals surface area contributed by atoms with Crippen LogP contribution in [-0.2, 0) is 16.0 Å². The average Bonchev–Trinajstić information content (AvgIpc) is 3.45. The van der Waals surface area contributed by atoms with Crippen molar-refractivity contribution in [3.05, 3.63) is 66.0 Å². The molecule has 168 valence electrons. The van der Waals surface area contributed by atoms with Gasteiger partial charge in [0.05, 0.1) is 12.3 Å². The van der Waals surface area contributed by atoms with Gasteiger partial charge in [0.1, 0.15) is 11.4 Å². The summed E-state index contributed by atoms with van der Waals surface area (Å²) in [6, 6.07) is 18.0. The summed E-state index contributed by atoms with van der Waals surface area (Å²) in [4.78, 5) is 30.9. The molecule has 0 radical (unpaired) electrons. The lowest BCUT2D eigenvalue weighted by Crippen LogP contribution is -2.44. The number of aryl methyl sites for hydroxylation is 1. The van der Waals surface area contributed by atoms with Crippen LogP contribution in [0.2, 0.25) is 0 Å². The lowest BCUT2D eigenvalue weighted by Gasteiger charge is -2.32. The third-order valence-electron chi connectivity index (χ3n) is 6.18. The number of nitrogens with zero attached hydrogens (tertiary/aromatic N) is 3. The number of para-hydroxylation sites is 1. The van der Waals surface area contributed by atoms with Gasteiger partial charge < -0.3 is 15.2 Å². The molecular weight excluding hydrogens is 418 g/mol. The van der Waals surface area contributed by atoms with E-state index in [0.717, 1.165) is 40.7 Å². The van der Waals surface area contributed by atoms with Crippen molar-refractivity contribution >= 4 is 28.4 Å². The van der Waals surface area contributed by atoms with Crippen LogP contribution in [-0.4, -0.2) is 45.1 Å². The number of likely N-dealkylation sites (tertiary alicyclic amines) is 1. The van der Waals surface area contributed by atoms with Crippen LogP contribution >= 0.6 is 0 Å². The number of piperidine rings is 1. The largest absolute Gasteiger partial charge is 0.355 e. The Bertz CT molecular complexity index is 1280. The number of aromatic nitrogens is 3. The maximum atomic E-state index is 13.0. The van der Waals surface area contributed by atoms with E-state index in [1.165, 1.54) is 0 Å². The molecule has 1 aliphatic heterocycles. The summed E-state index contributed by atoms with van der Waals surface area (Å²) in [5.41, 5.74) is 4.97.